The van der Waals surface area contributed by atoms with Crippen LogP contribution in [0.3, 0.4) is 0 Å². The fourth-order valence-corrected chi connectivity index (χ4v) is 1.28. The number of rotatable bonds is 4. The molecular weight excluding hydrogens is 222 g/mol. The van der Waals surface area contributed by atoms with E-state index in [0.29, 0.717) is 11.4 Å². The summed E-state index contributed by atoms with van der Waals surface area (Å²) < 4.78 is 0. The number of nitrogen functional groups attached to an aromatic ring is 2. The fourth-order valence-electron chi connectivity index (χ4n) is 1.28. The lowest BCUT2D eigenvalue weighted by Crippen LogP contribution is -2.51. The summed E-state index contributed by atoms with van der Waals surface area (Å²) in [6.07, 6.45) is 0. The number of anilines is 2. The predicted molar refractivity (Wildman–Crippen MR) is 65.3 cm³/mol. The number of aliphatic hydroxyl groups excluding tert-OH is 2. The standard InChI is InChI=1S/C11H17N3O3/c1-11(5-15,6-16)14-10(17)7-2-8(12)4-9(13)3-7/h2-4,15-16H,5-6,12-13H2,1H3,(H,14,17). The Kier molecular flexibility index (Phi) is 3.93. The molecule has 6 nitrogen and oxygen atoms in total. The lowest BCUT2D eigenvalue weighted by molar-refractivity contribution is 0.0724. The van der Waals surface area contributed by atoms with Gasteiger partial charge in [0.15, 0.2) is 0 Å². The molecule has 6 heteroatoms. The lowest BCUT2D eigenvalue weighted by Gasteiger charge is -2.26. The van der Waals surface area contributed by atoms with Gasteiger partial charge in [-0.25, -0.2) is 0 Å². The molecule has 0 aliphatic carbocycles. The maximum atomic E-state index is 11.8. The summed E-state index contributed by atoms with van der Waals surface area (Å²) in [6, 6.07) is 4.48. The lowest BCUT2D eigenvalue weighted by atomic mass is 10.0. The number of nitrogens with one attached hydrogen (secondary N) is 1. The van der Waals surface area contributed by atoms with E-state index in [-0.39, 0.29) is 18.8 Å². The van der Waals surface area contributed by atoms with E-state index >= 15 is 0 Å². The second-order valence-corrected chi connectivity index (χ2v) is 4.22. The average Bonchev–Trinajstić information content (AvgIpc) is 2.27. The largest absolute Gasteiger partial charge is 0.399 e. The van der Waals surface area contributed by atoms with E-state index in [1.807, 2.05) is 0 Å². The number of nitrogens with two attached hydrogens (primary N) is 2. The Morgan fingerprint density at radius 2 is 1.71 bits per heavy atom. The van der Waals surface area contributed by atoms with Crippen LogP contribution in [0.5, 0.6) is 0 Å². The molecule has 7 N–H and O–H groups in total. The van der Waals surface area contributed by atoms with Gasteiger partial charge in [-0.2, -0.15) is 0 Å². The molecule has 17 heavy (non-hydrogen) atoms. The number of carbonyl (C=O) groups is 1. The van der Waals surface area contributed by atoms with Gasteiger partial charge in [-0.3, -0.25) is 4.79 Å². The molecule has 0 atom stereocenters. The van der Waals surface area contributed by atoms with Gasteiger partial charge in [0.05, 0.1) is 18.8 Å². The third-order valence-electron chi connectivity index (χ3n) is 2.35. The maximum Gasteiger partial charge on any atom is 0.252 e. The second-order valence-electron chi connectivity index (χ2n) is 4.22. The van der Waals surface area contributed by atoms with Crippen molar-refractivity contribution in [3.05, 3.63) is 23.8 Å². The van der Waals surface area contributed by atoms with Crippen LogP contribution < -0.4 is 16.8 Å². The van der Waals surface area contributed by atoms with Crippen LogP contribution in [0, 0.1) is 0 Å². The van der Waals surface area contributed by atoms with Crippen molar-refractivity contribution in [2.45, 2.75) is 12.5 Å². The quantitative estimate of drug-likeness (QED) is 0.446. The Hall–Kier alpha value is -1.79. The van der Waals surface area contributed by atoms with Gasteiger partial charge in [0.1, 0.15) is 0 Å². The first-order valence-electron chi connectivity index (χ1n) is 5.10. The van der Waals surface area contributed by atoms with Crippen molar-refractivity contribution in [2.24, 2.45) is 0 Å². The van der Waals surface area contributed by atoms with Crippen molar-refractivity contribution in [3.63, 3.8) is 0 Å². The first-order chi connectivity index (χ1) is 7.90. The van der Waals surface area contributed by atoms with Crippen molar-refractivity contribution < 1.29 is 15.0 Å². The summed E-state index contributed by atoms with van der Waals surface area (Å²) in [5.74, 6) is -0.449. The van der Waals surface area contributed by atoms with Crippen molar-refractivity contribution in [3.8, 4) is 0 Å². The number of hydrogen-bond donors (Lipinski definition) is 5. The Labute approximate surface area is 99.2 Å². The van der Waals surface area contributed by atoms with Gasteiger partial charge in [-0.05, 0) is 25.1 Å². The predicted octanol–water partition coefficient (Wildman–Crippen LogP) is -0.676. The van der Waals surface area contributed by atoms with Crippen molar-refractivity contribution in [2.75, 3.05) is 24.7 Å². The first kappa shape index (κ1) is 13.3. The maximum absolute atomic E-state index is 11.8. The zero-order valence-corrected chi connectivity index (χ0v) is 9.60. The molecule has 1 rings (SSSR count). The Bertz CT molecular complexity index is 396. The van der Waals surface area contributed by atoms with E-state index in [9.17, 15) is 4.79 Å². The normalized spacial score (nSPS) is 11.2. The summed E-state index contributed by atoms with van der Waals surface area (Å²) in [5, 5.41) is 20.6. The van der Waals surface area contributed by atoms with E-state index in [2.05, 4.69) is 5.32 Å². The molecular formula is C11H17N3O3. The molecule has 0 saturated heterocycles. The molecule has 0 bridgehead atoms. The summed E-state index contributed by atoms with van der Waals surface area (Å²) >= 11 is 0. The van der Waals surface area contributed by atoms with Crippen LogP contribution in [0.25, 0.3) is 0 Å². The van der Waals surface area contributed by atoms with Crippen LogP contribution in [0.15, 0.2) is 18.2 Å². The highest BCUT2D eigenvalue weighted by molar-refractivity contribution is 5.96. The van der Waals surface area contributed by atoms with Gasteiger partial charge in [0, 0.05) is 16.9 Å². The van der Waals surface area contributed by atoms with Gasteiger partial charge in [0.2, 0.25) is 0 Å². The van der Waals surface area contributed by atoms with Crippen LogP contribution in [-0.2, 0) is 0 Å². The highest BCUT2D eigenvalue weighted by Crippen LogP contribution is 2.14. The summed E-state index contributed by atoms with van der Waals surface area (Å²) in [6.45, 7) is 0.792. The molecule has 0 unspecified atom stereocenters. The van der Waals surface area contributed by atoms with Gasteiger partial charge in [-0.15, -0.1) is 0 Å². The Balaban J connectivity index is 2.90. The van der Waals surface area contributed by atoms with Gasteiger partial charge < -0.3 is 27.0 Å². The molecule has 1 aromatic rings. The zero-order valence-electron chi connectivity index (χ0n) is 9.60. The summed E-state index contributed by atoms with van der Waals surface area (Å²) in [4.78, 5) is 11.8. The monoisotopic (exact) mass is 239 g/mol. The van der Waals surface area contributed by atoms with Crippen LogP contribution in [0.4, 0.5) is 11.4 Å². The van der Waals surface area contributed by atoms with Crippen LogP contribution in [0.2, 0.25) is 0 Å². The molecule has 1 amide bonds. The average molecular weight is 239 g/mol. The minimum Gasteiger partial charge on any atom is -0.399 e. The molecule has 0 spiro atoms. The molecule has 94 valence electrons. The van der Waals surface area contributed by atoms with Crippen LogP contribution in [0.1, 0.15) is 17.3 Å². The smallest absolute Gasteiger partial charge is 0.252 e. The van der Waals surface area contributed by atoms with E-state index in [0.717, 1.165) is 0 Å². The third kappa shape index (κ3) is 3.33. The first-order valence-corrected chi connectivity index (χ1v) is 5.10. The fraction of sp³-hybridized carbons (Fsp3) is 0.364. The minimum absolute atomic E-state index is 0.288. The Morgan fingerprint density at radius 3 is 2.12 bits per heavy atom. The topological polar surface area (TPSA) is 122 Å². The van der Waals surface area contributed by atoms with E-state index in [1.54, 1.807) is 0 Å². The number of benzene rings is 1. The number of carbonyl (C=O) groups excluding carboxylic acids is 1. The summed E-state index contributed by atoms with van der Waals surface area (Å²) in [7, 11) is 0. The molecule has 0 radical (unpaired) electrons. The van der Waals surface area contributed by atoms with Crippen molar-refractivity contribution in [1.29, 1.82) is 0 Å². The van der Waals surface area contributed by atoms with E-state index in [1.165, 1.54) is 25.1 Å². The summed E-state index contributed by atoms with van der Waals surface area (Å²) in [5.41, 5.74) is 11.1. The zero-order chi connectivity index (χ0) is 13.1. The highest BCUT2D eigenvalue weighted by Gasteiger charge is 2.25. The molecule has 0 heterocycles. The van der Waals surface area contributed by atoms with Crippen molar-refractivity contribution >= 4 is 17.3 Å². The minimum atomic E-state index is -1.07. The molecule has 0 fully saturated rings. The molecule has 0 aliphatic rings. The molecule has 0 saturated carbocycles. The van der Waals surface area contributed by atoms with Gasteiger partial charge >= 0.3 is 0 Å². The number of amides is 1. The van der Waals surface area contributed by atoms with Crippen molar-refractivity contribution in [1.82, 2.24) is 5.32 Å². The van der Waals surface area contributed by atoms with Crippen LogP contribution in [-0.4, -0.2) is 34.9 Å². The second kappa shape index (κ2) is 5.03. The highest BCUT2D eigenvalue weighted by atomic mass is 16.3. The Morgan fingerprint density at radius 1 is 1.24 bits per heavy atom. The number of aliphatic hydroxyl groups is 2. The number of hydrogen-bond acceptors (Lipinski definition) is 5. The van der Waals surface area contributed by atoms with E-state index in [4.69, 9.17) is 21.7 Å². The van der Waals surface area contributed by atoms with E-state index < -0.39 is 11.4 Å². The molecule has 0 aromatic heterocycles. The van der Waals surface area contributed by atoms with Gasteiger partial charge in [0.25, 0.3) is 5.91 Å². The molecule has 0 aliphatic heterocycles. The third-order valence-corrected chi connectivity index (χ3v) is 2.35. The van der Waals surface area contributed by atoms with Crippen LogP contribution >= 0.6 is 0 Å². The SMILES string of the molecule is CC(CO)(CO)NC(=O)c1cc(N)cc(N)c1. The molecule has 1 aromatic carbocycles. The van der Waals surface area contributed by atoms with Gasteiger partial charge in [-0.1, -0.05) is 0 Å².